The summed E-state index contributed by atoms with van der Waals surface area (Å²) in [6, 6.07) is 0. The van der Waals surface area contributed by atoms with Crippen LogP contribution in [0.2, 0.25) is 0 Å². The van der Waals surface area contributed by atoms with Gasteiger partial charge in [-0.25, -0.2) is 4.79 Å². The Hall–Kier alpha value is -0.570. The van der Waals surface area contributed by atoms with Gasteiger partial charge < -0.3 is 10.2 Å². The summed E-state index contributed by atoms with van der Waals surface area (Å²) in [5.74, 6) is -0.952. The van der Waals surface area contributed by atoms with Crippen molar-refractivity contribution in [3.63, 3.8) is 0 Å². The fraction of sp³-hybridized carbons (Fsp3) is 0.857. The summed E-state index contributed by atoms with van der Waals surface area (Å²) < 4.78 is 0. The minimum absolute atomic E-state index is 0.200. The molecule has 0 aromatic heterocycles. The Labute approximate surface area is 60.7 Å². The summed E-state index contributed by atoms with van der Waals surface area (Å²) in [5, 5.41) is 17.6. The van der Waals surface area contributed by atoms with Gasteiger partial charge in [0.2, 0.25) is 0 Å². The molecule has 0 fully saturated rings. The maximum absolute atomic E-state index is 10.3. The van der Waals surface area contributed by atoms with Gasteiger partial charge in [-0.3, -0.25) is 0 Å². The van der Waals surface area contributed by atoms with Crippen molar-refractivity contribution in [2.45, 2.75) is 32.8 Å². The number of carboxylic acid groups (broad SMARTS) is 1. The van der Waals surface area contributed by atoms with Gasteiger partial charge in [-0.15, -0.1) is 0 Å². The highest BCUT2D eigenvalue weighted by atomic mass is 16.4. The van der Waals surface area contributed by atoms with E-state index in [1.807, 2.05) is 13.8 Å². The van der Waals surface area contributed by atoms with Gasteiger partial charge in [-0.05, 0) is 19.3 Å². The Morgan fingerprint density at radius 2 is 2.00 bits per heavy atom. The monoisotopic (exact) mass is 146 g/mol. The predicted octanol–water partition coefficient (Wildman–Crippen LogP) is 0.868. The Kier molecular flexibility index (Phi) is 2.84. The average Bonchev–Trinajstić information content (AvgIpc) is 1.60. The largest absolute Gasteiger partial charge is 0.479 e. The van der Waals surface area contributed by atoms with Gasteiger partial charge >= 0.3 is 5.97 Å². The SMILES string of the molecule is CC(C)C[C@](C)(O)C(=O)O. The second kappa shape index (κ2) is 3.01. The van der Waals surface area contributed by atoms with Gasteiger partial charge in [0.25, 0.3) is 0 Å². The van der Waals surface area contributed by atoms with Gasteiger partial charge in [0.15, 0.2) is 5.60 Å². The van der Waals surface area contributed by atoms with E-state index >= 15 is 0 Å². The highest BCUT2D eigenvalue weighted by molar-refractivity contribution is 5.76. The number of rotatable bonds is 3. The minimum Gasteiger partial charge on any atom is -0.479 e. The zero-order chi connectivity index (χ0) is 8.36. The van der Waals surface area contributed by atoms with E-state index in [2.05, 4.69) is 0 Å². The quantitative estimate of drug-likeness (QED) is 0.621. The minimum atomic E-state index is -1.56. The lowest BCUT2D eigenvalue weighted by Gasteiger charge is -2.19. The van der Waals surface area contributed by atoms with E-state index in [0.717, 1.165) is 0 Å². The van der Waals surface area contributed by atoms with Gasteiger partial charge in [0, 0.05) is 0 Å². The Bertz CT molecular complexity index is 127. The molecule has 0 unspecified atom stereocenters. The summed E-state index contributed by atoms with van der Waals surface area (Å²) in [4.78, 5) is 10.3. The molecule has 60 valence electrons. The molecule has 2 N–H and O–H groups in total. The topological polar surface area (TPSA) is 57.5 Å². The van der Waals surface area contributed by atoms with Crippen LogP contribution in [0.1, 0.15) is 27.2 Å². The molecule has 10 heavy (non-hydrogen) atoms. The first-order valence-electron chi connectivity index (χ1n) is 3.32. The van der Waals surface area contributed by atoms with E-state index in [9.17, 15) is 4.79 Å². The van der Waals surface area contributed by atoms with E-state index in [0.29, 0.717) is 6.42 Å². The molecule has 0 aliphatic heterocycles. The molecule has 3 heteroatoms. The molecule has 0 saturated heterocycles. The molecule has 0 aromatic carbocycles. The van der Waals surface area contributed by atoms with Crippen LogP contribution in [0.3, 0.4) is 0 Å². The van der Waals surface area contributed by atoms with Crippen molar-refractivity contribution in [3.8, 4) is 0 Å². The molecule has 0 rings (SSSR count). The maximum atomic E-state index is 10.3. The first-order chi connectivity index (χ1) is 4.36. The Morgan fingerprint density at radius 1 is 1.60 bits per heavy atom. The van der Waals surface area contributed by atoms with Gasteiger partial charge in [-0.1, -0.05) is 13.8 Å². The third kappa shape index (κ3) is 2.82. The summed E-state index contributed by atoms with van der Waals surface area (Å²) in [6.45, 7) is 5.06. The second-order valence-corrected chi connectivity index (χ2v) is 3.18. The van der Waals surface area contributed by atoms with Crippen LogP contribution in [0.15, 0.2) is 0 Å². The van der Waals surface area contributed by atoms with Crippen LogP contribution in [0.5, 0.6) is 0 Å². The maximum Gasteiger partial charge on any atom is 0.335 e. The van der Waals surface area contributed by atoms with E-state index in [1.165, 1.54) is 6.92 Å². The number of aliphatic hydroxyl groups is 1. The molecular formula is C7H14O3. The van der Waals surface area contributed by atoms with Crippen LogP contribution in [0.25, 0.3) is 0 Å². The van der Waals surface area contributed by atoms with Crippen LogP contribution in [0, 0.1) is 5.92 Å². The fourth-order valence-corrected chi connectivity index (χ4v) is 0.882. The van der Waals surface area contributed by atoms with Crippen molar-refractivity contribution in [2.75, 3.05) is 0 Å². The van der Waals surface area contributed by atoms with Crippen molar-refractivity contribution >= 4 is 5.97 Å². The lowest BCUT2D eigenvalue weighted by atomic mass is 9.95. The highest BCUT2D eigenvalue weighted by Crippen LogP contribution is 2.15. The van der Waals surface area contributed by atoms with E-state index in [1.54, 1.807) is 0 Å². The molecule has 0 bridgehead atoms. The Balaban J connectivity index is 4.00. The zero-order valence-electron chi connectivity index (χ0n) is 6.59. The van der Waals surface area contributed by atoms with Crippen LogP contribution in [-0.4, -0.2) is 21.8 Å². The van der Waals surface area contributed by atoms with E-state index in [4.69, 9.17) is 10.2 Å². The van der Waals surface area contributed by atoms with Crippen LogP contribution < -0.4 is 0 Å². The highest BCUT2D eigenvalue weighted by Gasteiger charge is 2.30. The van der Waals surface area contributed by atoms with E-state index in [-0.39, 0.29) is 5.92 Å². The molecular weight excluding hydrogens is 132 g/mol. The first-order valence-corrected chi connectivity index (χ1v) is 3.32. The third-order valence-corrected chi connectivity index (χ3v) is 1.27. The lowest BCUT2D eigenvalue weighted by molar-refractivity contribution is -0.158. The summed E-state index contributed by atoms with van der Waals surface area (Å²) in [6.07, 6.45) is 0.294. The fourth-order valence-electron chi connectivity index (χ4n) is 0.882. The number of carbonyl (C=O) groups is 1. The third-order valence-electron chi connectivity index (χ3n) is 1.27. The number of aliphatic carboxylic acids is 1. The van der Waals surface area contributed by atoms with Crippen molar-refractivity contribution < 1.29 is 15.0 Å². The van der Waals surface area contributed by atoms with Crippen molar-refractivity contribution in [2.24, 2.45) is 5.92 Å². The molecule has 0 radical (unpaired) electrons. The molecule has 0 aliphatic rings. The molecule has 0 aliphatic carbocycles. The van der Waals surface area contributed by atoms with E-state index < -0.39 is 11.6 Å². The zero-order valence-corrected chi connectivity index (χ0v) is 6.59. The van der Waals surface area contributed by atoms with Gasteiger partial charge in [0.05, 0.1) is 0 Å². The van der Waals surface area contributed by atoms with Crippen LogP contribution in [-0.2, 0) is 4.79 Å². The standard InChI is InChI=1S/C7H14O3/c1-5(2)4-7(3,10)6(8)9/h5,10H,4H2,1-3H3,(H,8,9)/t7-/m0/s1. The molecule has 3 nitrogen and oxygen atoms in total. The summed E-state index contributed by atoms with van der Waals surface area (Å²) in [7, 11) is 0. The summed E-state index contributed by atoms with van der Waals surface area (Å²) in [5.41, 5.74) is -1.56. The normalized spacial score (nSPS) is 16.9. The van der Waals surface area contributed by atoms with Gasteiger partial charge in [0.1, 0.15) is 0 Å². The first kappa shape index (κ1) is 9.43. The number of carboxylic acids is 1. The average molecular weight is 146 g/mol. The number of hydrogen-bond donors (Lipinski definition) is 2. The molecule has 1 atom stereocenters. The Morgan fingerprint density at radius 3 is 2.10 bits per heavy atom. The molecule has 0 heterocycles. The summed E-state index contributed by atoms with van der Waals surface area (Å²) >= 11 is 0. The van der Waals surface area contributed by atoms with Crippen molar-refractivity contribution in [3.05, 3.63) is 0 Å². The molecule has 0 amide bonds. The van der Waals surface area contributed by atoms with Crippen LogP contribution >= 0.6 is 0 Å². The predicted molar refractivity (Wildman–Crippen MR) is 37.7 cm³/mol. The van der Waals surface area contributed by atoms with Crippen molar-refractivity contribution in [1.82, 2.24) is 0 Å². The van der Waals surface area contributed by atoms with Crippen molar-refractivity contribution in [1.29, 1.82) is 0 Å². The van der Waals surface area contributed by atoms with Gasteiger partial charge in [-0.2, -0.15) is 0 Å². The smallest absolute Gasteiger partial charge is 0.335 e. The lowest BCUT2D eigenvalue weighted by Crippen LogP contribution is -2.36. The van der Waals surface area contributed by atoms with Crippen LogP contribution in [0.4, 0.5) is 0 Å². The molecule has 0 saturated carbocycles. The molecule has 0 aromatic rings. The molecule has 0 spiro atoms. The second-order valence-electron chi connectivity index (χ2n) is 3.18. The number of hydrogen-bond acceptors (Lipinski definition) is 2.